The van der Waals surface area contributed by atoms with Gasteiger partial charge in [-0.3, -0.25) is 0 Å². The van der Waals surface area contributed by atoms with Crippen LogP contribution in [0.3, 0.4) is 0 Å². The predicted molar refractivity (Wildman–Crippen MR) is 118 cm³/mol. The number of rotatable bonds is 8. The first-order valence-corrected chi connectivity index (χ1v) is 15.1. The van der Waals surface area contributed by atoms with Crippen LogP contribution >= 0.6 is 0 Å². The third-order valence-corrected chi connectivity index (χ3v) is 14.6. The summed E-state index contributed by atoms with van der Waals surface area (Å²) in [7, 11) is 0. The molecule has 2 aliphatic rings. The van der Waals surface area contributed by atoms with Crippen molar-refractivity contribution in [3.63, 3.8) is 0 Å². The molecule has 4 nitrogen and oxygen atoms in total. The van der Waals surface area contributed by atoms with Crippen LogP contribution in [0.4, 0.5) is 0 Å². The summed E-state index contributed by atoms with van der Waals surface area (Å²) >= 11 is -4.10. The monoisotopic (exact) mass is 490 g/mol. The van der Waals surface area contributed by atoms with E-state index < -0.39 is 21.1 Å². The zero-order valence-corrected chi connectivity index (χ0v) is 20.0. The number of allylic oxidation sites excluding steroid dienone is 8. The van der Waals surface area contributed by atoms with Crippen molar-refractivity contribution in [1.29, 1.82) is 0 Å². The number of benzene rings is 2. The average Bonchev–Trinajstić information content (AvgIpc) is 3.48. The molecule has 0 radical (unpaired) electrons. The van der Waals surface area contributed by atoms with Gasteiger partial charge in [0, 0.05) is 0 Å². The van der Waals surface area contributed by atoms with Gasteiger partial charge in [0.1, 0.15) is 0 Å². The fraction of sp³-hybridized carbons (Fsp3) is 0.154. The molecule has 0 N–H and O–H groups in total. The fourth-order valence-corrected chi connectivity index (χ4v) is 12.5. The third kappa shape index (κ3) is 4.62. The van der Waals surface area contributed by atoms with Crippen LogP contribution in [0.1, 0.15) is 34.6 Å². The molecule has 31 heavy (non-hydrogen) atoms. The Balaban J connectivity index is 1.80. The Morgan fingerprint density at radius 2 is 1.06 bits per heavy atom. The number of Topliss-reactive ketones (excluding diaryl/α,β-unsaturated/α-hetero) is 2. The Labute approximate surface area is 188 Å². The van der Waals surface area contributed by atoms with Gasteiger partial charge in [-0.25, -0.2) is 0 Å². The molecule has 0 fully saturated rings. The van der Waals surface area contributed by atoms with Crippen LogP contribution in [0.15, 0.2) is 97.1 Å². The average molecular weight is 492 g/mol. The predicted octanol–water partition coefficient (Wildman–Crippen LogP) is 6.36. The number of hydrogen-bond donors (Lipinski definition) is 0. The summed E-state index contributed by atoms with van der Waals surface area (Å²) in [6.45, 7) is 3.09. The molecule has 0 heterocycles. The Bertz CT molecular complexity index is 1010. The van der Waals surface area contributed by atoms with Crippen LogP contribution in [-0.4, -0.2) is 11.6 Å². The van der Waals surface area contributed by atoms with Crippen molar-refractivity contribution in [2.24, 2.45) is 0 Å². The van der Waals surface area contributed by atoms with E-state index in [2.05, 4.69) is 24.3 Å². The standard InChI is InChI=1S/2C8H8O2.2C5H5.Zr/c2*1-6(9)7-3-2-4-8(10)5-7;2*1-2-4-5-3-1;/h2*2-5,10H,1H3;2*1-5H;/q;;;;+2/p-2. The summed E-state index contributed by atoms with van der Waals surface area (Å²) in [5.74, 6) is 1.24. The van der Waals surface area contributed by atoms with E-state index in [1.807, 2.05) is 48.6 Å². The normalized spacial score (nSPS) is 15.5. The van der Waals surface area contributed by atoms with E-state index in [9.17, 15) is 9.59 Å². The van der Waals surface area contributed by atoms with Gasteiger partial charge in [-0.05, 0) is 0 Å². The summed E-state index contributed by atoms with van der Waals surface area (Å²) in [5.41, 5.74) is 1.21. The van der Waals surface area contributed by atoms with Gasteiger partial charge < -0.3 is 0 Å². The SMILES string of the molecule is CC(=O)c1cccc([O][Zr]([O]c2cccc(C(C)=O)c2)([CH]2C=CC=C2)[CH]2C=CC=C2)c1. The maximum atomic E-state index is 11.9. The molecular weight excluding hydrogens is 468 g/mol. The van der Waals surface area contributed by atoms with Crippen molar-refractivity contribution >= 4 is 11.6 Å². The molecule has 156 valence electrons. The van der Waals surface area contributed by atoms with E-state index in [1.54, 1.807) is 38.1 Å². The molecule has 0 atom stereocenters. The Morgan fingerprint density at radius 1 is 0.677 bits per heavy atom. The van der Waals surface area contributed by atoms with Gasteiger partial charge in [0.15, 0.2) is 0 Å². The molecule has 0 bridgehead atoms. The summed E-state index contributed by atoms with van der Waals surface area (Å²) in [6.07, 6.45) is 16.6. The number of hydrogen-bond acceptors (Lipinski definition) is 4. The summed E-state index contributed by atoms with van der Waals surface area (Å²) < 4.78 is 13.7. The van der Waals surface area contributed by atoms with Crippen LogP contribution in [-0.2, 0) is 21.1 Å². The van der Waals surface area contributed by atoms with Crippen molar-refractivity contribution in [3.05, 3.63) is 108 Å². The van der Waals surface area contributed by atoms with Gasteiger partial charge in [0.2, 0.25) is 0 Å². The second-order valence-electron chi connectivity index (χ2n) is 7.68. The molecule has 0 aromatic heterocycles. The van der Waals surface area contributed by atoms with E-state index in [1.165, 1.54) is 0 Å². The number of carbonyl (C=O) groups excluding carboxylic acids is 2. The van der Waals surface area contributed by atoms with Crippen molar-refractivity contribution in [3.8, 4) is 11.5 Å². The minimum absolute atomic E-state index is 0.0114. The first-order chi connectivity index (χ1) is 15.0. The van der Waals surface area contributed by atoms with Crippen molar-refractivity contribution in [2.75, 3.05) is 0 Å². The minimum atomic E-state index is -4.10. The molecular formula is C26H24O4Zr. The fourth-order valence-electron chi connectivity index (χ4n) is 3.84. The van der Waals surface area contributed by atoms with Crippen molar-refractivity contribution in [1.82, 2.24) is 0 Å². The second kappa shape index (κ2) is 9.15. The molecule has 2 aliphatic carbocycles. The number of ketones is 2. The van der Waals surface area contributed by atoms with Gasteiger partial charge in [-0.2, -0.15) is 0 Å². The Hall–Kier alpha value is -2.78. The maximum absolute atomic E-state index is 11.9. The van der Waals surface area contributed by atoms with Crippen molar-refractivity contribution in [2.45, 2.75) is 21.1 Å². The Morgan fingerprint density at radius 3 is 1.42 bits per heavy atom. The first-order valence-electron chi connectivity index (χ1n) is 10.3. The molecule has 2 aromatic carbocycles. The van der Waals surface area contributed by atoms with Gasteiger partial charge in [-0.15, -0.1) is 0 Å². The summed E-state index contributed by atoms with van der Waals surface area (Å²) in [4.78, 5) is 23.8. The summed E-state index contributed by atoms with van der Waals surface area (Å²) in [6, 6.07) is 14.6. The first kappa shape index (κ1) is 21.5. The van der Waals surface area contributed by atoms with Gasteiger partial charge in [-0.1, -0.05) is 0 Å². The molecule has 0 amide bonds. The van der Waals surface area contributed by atoms with E-state index in [0.717, 1.165) is 0 Å². The molecule has 0 saturated heterocycles. The quantitative estimate of drug-likeness (QED) is 0.403. The zero-order chi connectivity index (χ0) is 21.8. The van der Waals surface area contributed by atoms with Gasteiger partial charge in [0.25, 0.3) is 0 Å². The molecule has 0 aliphatic heterocycles. The van der Waals surface area contributed by atoms with E-state index in [-0.39, 0.29) is 18.8 Å². The van der Waals surface area contributed by atoms with Gasteiger partial charge in [0.05, 0.1) is 0 Å². The molecule has 0 saturated carbocycles. The zero-order valence-electron chi connectivity index (χ0n) is 17.5. The molecule has 5 heteroatoms. The molecule has 4 rings (SSSR count). The third-order valence-electron chi connectivity index (χ3n) is 5.46. The van der Waals surface area contributed by atoms with E-state index in [0.29, 0.717) is 22.6 Å². The number of carbonyl (C=O) groups is 2. The van der Waals surface area contributed by atoms with E-state index in [4.69, 9.17) is 5.63 Å². The van der Waals surface area contributed by atoms with Crippen LogP contribution in [0.5, 0.6) is 11.5 Å². The second-order valence-corrected chi connectivity index (χ2v) is 15.5. The summed E-state index contributed by atoms with van der Waals surface area (Å²) in [5, 5.41) is 0. The van der Waals surface area contributed by atoms with E-state index >= 15 is 0 Å². The van der Waals surface area contributed by atoms with Crippen LogP contribution < -0.4 is 5.63 Å². The molecule has 0 spiro atoms. The topological polar surface area (TPSA) is 52.6 Å². The van der Waals surface area contributed by atoms with Crippen LogP contribution in [0, 0.1) is 0 Å². The van der Waals surface area contributed by atoms with Gasteiger partial charge >= 0.3 is 189 Å². The van der Waals surface area contributed by atoms with Crippen molar-refractivity contribution < 1.29 is 36.4 Å². The van der Waals surface area contributed by atoms with Crippen LogP contribution in [0.2, 0.25) is 7.25 Å². The molecule has 0 unspecified atom stereocenters. The van der Waals surface area contributed by atoms with Crippen LogP contribution in [0.25, 0.3) is 0 Å². The Kier molecular flexibility index (Phi) is 6.34. The molecule has 2 aromatic rings.